The Morgan fingerprint density at radius 1 is 1.29 bits per heavy atom. The largest absolute Gasteiger partial charge is 0.497 e. The lowest BCUT2D eigenvalue weighted by Gasteiger charge is -2.02. The second-order valence-corrected chi connectivity index (χ2v) is 6.50. The fourth-order valence-corrected chi connectivity index (χ4v) is 3.12. The molecule has 0 spiro atoms. The molecule has 3 rings (SSSR count). The van der Waals surface area contributed by atoms with Crippen LogP contribution in [0.5, 0.6) is 5.75 Å². The van der Waals surface area contributed by atoms with Gasteiger partial charge in [-0.1, -0.05) is 26.0 Å². The number of carboxylic acid groups (broad SMARTS) is 1. The van der Waals surface area contributed by atoms with E-state index >= 15 is 0 Å². The lowest BCUT2D eigenvalue weighted by molar-refractivity contribution is -0.140. The Bertz CT molecular complexity index is 797. The highest BCUT2D eigenvalue weighted by atomic mass is 16.5. The van der Waals surface area contributed by atoms with E-state index < -0.39 is 23.2 Å². The summed E-state index contributed by atoms with van der Waals surface area (Å²) in [5.74, 6) is -1.39. The number of nitrogens with one attached hydrogen (secondary N) is 2. The fourth-order valence-electron chi connectivity index (χ4n) is 3.12. The van der Waals surface area contributed by atoms with Crippen molar-refractivity contribution in [2.75, 3.05) is 12.4 Å². The number of benzene rings is 1. The Labute approximate surface area is 139 Å². The van der Waals surface area contributed by atoms with Gasteiger partial charge in [-0.2, -0.15) is 5.10 Å². The molecule has 1 aromatic heterocycles. The molecule has 2 atom stereocenters. The zero-order chi connectivity index (χ0) is 17.5. The Hall–Kier alpha value is -2.83. The van der Waals surface area contributed by atoms with E-state index in [1.54, 1.807) is 27.0 Å². The van der Waals surface area contributed by atoms with Crippen LogP contribution < -0.4 is 10.1 Å². The quantitative estimate of drug-likeness (QED) is 0.781. The van der Waals surface area contributed by atoms with Crippen LogP contribution in [0.1, 0.15) is 13.8 Å². The zero-order valence-electron chi connectivity index (χ0n) is 13.7. The lowest BCUT2D eigenvalue weighted by atomic mass is 10.1. The van der Waals surface area contributed by atoms with Crippen molar-refractivity contribution in [1.29, 1.82) is 0 Å². The Morgan fingerprint density at radius 2 is 2.04 bits per heavy atom. The number of carbonyl (C=O) groups excluding carboxylic acids is 1. The summed E-state index contributed by atoms with van der Waals surface area (Å²) in [6, 6.07) is 9.15. The summed E-state index contributed by atoms with van der Waals surface area (Å²) in [4.78, 5) is 23.5. The maximum atomic E-state index is 12.3. The van der Waals surface area contributed by atoms with Gasteiger partial charge in [-0.3, -0.25) is 14.7 Å². The lowest BCUT2D eigenvalue weighted by Crippen LogP contribution is -2.17. The van der Waals surface area contributed by atoms with Crippen molar-refractivity contribution in [3.05, 3.63) is 30.3 Å². The van der Waals surface area contributed by atoms with E-state index in [1.165, 1.54) is 0 Å². The predicted octanol–water partition coefficient (Wildman–Crippen LogP) is 2.38. The second kappa shape index (κ2) is 5.67. The Morgan fingerprint density at radius 3 is 2.67 bits per heavy atom. The normalized spacial score (nSPS) is 21.1. The topological polar surface area (TPSA) is 104 Å². The number of H-pyrrole nitrogens is 1. The molecule has 0 saturated heterocycles. The number of methoxy groups -OCH3 is 1. The molecule has 0 aliphatic heterocycles. The number of carboxylic acids is 1. The number of aromatic amines is 1. The van der Waals surface area contributed by atoms with Gasteiger partial charge in [-0.25, -0.2) is 0 Å². The minimum atomic E-state index is -0.945. The number of nitrogens with zero attached hydrogens (tertiary/aromatic N) is 1. The van der Waals surface area contributed by atoms with Gasteiger partial charge in [-0.05, 0) is 17.5 Å². The fraction of sp³-hybridized carbons (Fsp3) is 0.353. The monoisotopic (exact) mass is 329 g/mol. The van der Waals surface area contributed by atoms with E-state index in [1.807, 2.05) is 24.3 Å². The number of carbonyl (C=O) groups is 2. The van der Waals surface area contributed by atoms with Crippen LogP contribution in [0.25, 0.3) is 11.3 Å². The summed E-state index contributed by atoms with van der Waals surface area (Å²) >= 11 is 0. The number of amides is 1. The molecule has 1 saturated carbocycles. The molecule has 1 aliphatic carbocycles. The molecule has 7 nitrogen and oxygen atoms in total. The summed E-state index contributed by atoms with van der Waals surface area (Å²) in [6.07, 6.45) is 0. The van der Waals surface area contributed by atoms with Gasteiger partial charge in [0.1, 0.15) is 5.75 Å². The van der Waals surface area contributed by atoms with Crippen LogP contribution in [0, 0.1) is 17.3 Å². The van der Waals surface area contributed by atoms with E-state index in [4.69, 9.17) is 9.84 Å². The highest BCUT2D eigenvalue weighted by Crippen LogP contribution is 2.58. The first-order valence-electron chi connectivity index (χ1n) is 7.58. The number of ether oxygens (including phenoxy) is 1. The number of rotatable bonds is 5. The summed E-state index contributed by atoms with van der Waals surface area (Å²) in [6.45, 7) is 3.56. The van der Waals surface area contributed by atoms with Crippen molar-refractivity contribution in [3.63, 3.8) is 0 Å². The number of hydrogen-bond donors (Lipinski definition) is 3. The molecular weight excluding hydrogens is 310 g/mol. The first-order valence-corrected chi connectivity index (χ1v) is 7.58. The van der Waals surface area contributed by atoms with Gasteiger partial charge >= 0.3 is 5.97 Å². The predicted molar refractivity (Wildman–Crippen MR) is 87.6 cm³/mol. The summed E-state index contributed by atoms with van der Waals surface area (Å²) in [5, 5.41) is 18.8. The molecule has 1 aromatic carbocycles. The van der Waals surface area contributed by atoms with Crippen LogP contribution >= 0.6 is 0 Å². The Balaban J connectivity index is 1.73. The number of hydrogen-bond acceptors (Lipinski definition) is 4. The van der Waals surface area contributed by atoms with Crippen molar-refractivity contribution in [2.45, 2.75) is 13.8 Å². The van der Waals surface area contributed by atoms with Gasteiger partial charge in [0.25, 0.3) is 0 Å². The number of anilines is 1. The third kappa shape index (κ3) is 2.73. The van der Waals surface area contributed by atoms with Gasteiger partial charge < -0.3 is 15.2 Å². The molecule has 0 unspecified atom stereocenters. The third-order valence-electron chi connectivity index (χ3n) is 4.59. The first-order chi connectivity index (χ1) is 11.3. The van der Waals surface area contributed by atoms with Crippen molar-refractivity contribution < 1.29 is 19.4 Å². The van der Waals surface area contributed by atoms with Crippen LogP contribution in [0.15, 0.2) is 30.3 Å². The molecule has 1 heterocycles. The molecule has 3 N–H and O–H groups in total. The van der Waals surface area contributed by atoms with Gasteiger partial charge in [0.2, 0.25) is 5.91 Å². The smallest absolute Gasteiger partial charge is 0.307 e. The SMILES string of the molecule is COc1cccc(-c2cc(NC(=O)[C@H]3[C@@H](C(=O)O)C3(C)C)n[nH]2)c1. The highest BCUT2D eigenvalue weighted by molar-refractivity contribution is 5.99. The minimum Gasteiger partial charge on any atom is -0.497 e. The van der Waals surface area contributed by atoms with Crippen molar-refractivity contribution in [1.82, 2.24) is 10.2 Å². The summed E-state index contributed by atoms with van der Waals surface area (Å²) in [5.41, 5.74) is 1.06. The second-order valence-electron chi connectivity index (χ2n) is 6.50. The summed E-state index contributed by atoms with van der Waals surface area (Å²) in [7, 11) is 1.59. The molecule has 1 fully saturated rings. The van der Waals surface area contributed by atoms with Crippen LogP contribution in [-0.4, -0.2) is 34.3 Å². The first kappa shape index (κ1) is 16.0. The average molecular weight is 329 g/mol. The highest BCUT2D eigenvalue weighted by Gasteiger charge is 2.65. The van der Waals surface area contributed by atoms with Crippen molar-refractivity contribution in [2.24, 2.45) is 17.3 Å². The van der Waals surface area contributed by atoms with Gasteiger partial charge in [-0.15, -0.1) is 0 Å². The van der Waals surface area contributed by atoms with Crippen LogP contribution in [0.2, 0.25) is 0 Å². The molecule has 0 radical (unpaired) electrons. The minimum absolute atomic E-state index is 0.323. The number of aliphatic carboxylic acids is 1. The summed E-state index contributed by atoms with van der Waals surface area (Å²) < 4.78 is 5.18. The maximum absolute atomic E-state index is 12.3. The average Bonchev–Trinajstić information content (AvgIpc) is 2.89. The molecule has 0 bridgehead atoms. The van der Waals surface area contributed by atoms with E-state index in [0.717, 1.165) is 17.0 Å². The van der Waals surface area contributed by atoms with Crippen LogP contribution in [0.3, 0.4) is 0 Å². The number of aromatic nitrogens is 2. The van der Waals surface area contributed by atoms with Crippen LogP contribution in [-0.2, 0) is 9.59 Å². The van der Waals surface area contributed by atoms with Gasteiger partial charge in [0.05, 0.1) is 24.6 Å². The Kier molecular flexibility index (Phi) is 3.79. The van der Waals surface area contributed by atoms with Crippen LogP contribution in [0.4, 0.5) is 5.82 Å². The molecule has 126 valence electrons. The third-order valence-corrected chi connectivity index (χ3v) is 4.59. The standard InChI is InChI=1S/C17H19N3O4/c1-17(2)13(14(17)16(22)23)15(21)18-12-8-11(19-20-12)9-5-4-6-10(7-9)24-3/h4-8,13-14H,1-3H3,(H,22,23)(H2,18,19,20,21)/t13-,14+/m1/s1. The maximum Gasteiger partial charge on any atom is 0.307 e. The molecule has 2 aromatic rings. The zero-order valence-corrected chi connectivity index (χ0v) is 13.7. The van der Waals surface area contributed by atoms with E-state index in [0.29, 0.717) is 5.82 Å². The van der Waals surface area contributed by atoms with E-state index in [9.17, 15) is 9.59 Å². The van der Waals surface area contributed by atoms with E-state index in [-0.39, 0.29) is 5.91 Å². The van der Waals surface area contributed by atoms with Gasteiger partial charge in [0, 0.05) is 11.6 Å². The molecule has 1 amide bonds. The van der Waals surface area contributed by atoms with Crippen molar-refractivity contribution in [3.8, 4) is 17.0 Å². The molecular formula is C17H19N3O4. The van der Waals surface area contributed by atoms with E-state index in [2.05, 4.69) is 15.5 Å². The molecule has 1 aliphatic rings. The van der Waals surface area contributed by atoms with Gasteiger partial charge in [0.15, 0.2) is 5.82 Å². The molecule has 24 heavy (non-hydrogen) atoms. The van der Waals surface area contributed by atoms with Crippen molar-refractivity contribution >= 4 is 17.7 Å². The molecule has 7 heteroatoms.